The maximum absolute atomic E-state index is 5.59. The molecule has 1 aromatic rings. The predicted molar refractivity (Wildman–Crippen MR) is 54.4 cm³/mol. The summed E-state index contributed by atoms with van der Waals surface area (Å²) in [5.74, 6) is 0.757. The Balaban J connectivity index is 2.57. The highest BCUT2D eigenvalue weighted by molar-refractivity contribution is 7.15. The van der Waals surface area contributed by atoms with Crippen LogP contribution in [0.2, 0.25) is 0 Å². The second kappa shape index (κ2) is 3.90. The number of hydrogen-bond acceptors (Lipinski definition) is 3. The summed E-state index contributed by atoms with van der Waals surface area (Å²) >= 11 is 1.62. The van der Waals surface area contributed by atoms with E-state index in [1.54, 1.807) is 11.3 Å². The third-order valence-corrected chi connectivity index (χ3v) is 2.90. The lowest BCUT2D eigenvalue weighted by atomic mass is 10.1. The van der Waals surface area contributed by atoms with Crippen LogP contribution in [0.3, 0.4) is 0 Å². The molecule has 0 bridgehead atoms. The first-order chi connectivity index (χ1) is 5.59. The van der Waals surface area contributed by atoms with E-state index in [9.17, 15) is 0 Å². The fourth-order valence-electron chi connectivity index (χ4n) is 1.10. The average molecular weight is 184 g/mol. The van der Waals surface area contributed by atoms with Crippen molar-refractivity contribution in [3.63, 3.8) is 0 Å². The highest BCUT2D eigenvalue weighted by atomic mass is 32.1. The molecule has 0 aliphatic heterocycles. The van der Waals surface area contributed by atoms with Crippen molar-refractivity contribution >= 4 is 16.5 Å². The van der Waals surface area contributed by atoms with Gasteiger partial charge < -0.3 is 5.73 Å². The van der Waals surface area contributed by atoms with Crippen LogP contribution in [-0.2, 0) is 6.42 Å². The summed E-state index contributed by atoms with van der Waals surface area (Å²) in [6, 6.07) is 0. The Morgan fingerprint density at radius 1 is 1.50 bits per heavy atom. The second-order valence-electron chi connectivity index (χ2n) is 3.49. The van der Waals surface area contributed by atoms with Gasteiger partial charge in [-0.05, 0) is 25.7 Å². The van der Waals surface area contributed by atoms with E-state index in [0.717, 1.165) is 18.0 Å². The van der Waals surface area contributed by atoms with Crippen molar-refractivity contribution < 1.29 is 0 Å². The quantitative estimate of drug-likeness (QED) is 0.784. The van der Waals surface area contributed by atoms with Gasteiger partial charge in [0.05, 0.1) is 5.69 Å². The molecule has 0 saturated carbocycles. The molecule has 12 heavy (non-hydrogen) atoms. The molecule has 0 aliphatic carbocycles. The molecule has 0 aromatic carbocycles. The van der Waals surface area contributed by atoms with Crippen LogP contribution < -0.4 is 5.73 Å². The van der Waals surface area contributed by atoms with Gasteiger partial charge in [0.15, 0.2) is 5.13 Å². The van der Waals surface area contributed by atoms with Crippen LogP contribution in [0.25, 0.3) is 0 Å². The summed E-state index contributed by atoms with van der Waals surface area (Å²) in [4.78, 5) is 5.53. The maximum atomic E-state index is 5.59. The van der Waals surface area contributed by atoms with E-state index in [2.05, 4.69) is 18.8 Å². The molecule has 1 aromatic heterocycles. The van der Waals surface area contributed by atoms with Crippen molar-refractivity contribution in [1.82, 2.24) is 4.98 Å². The first-order valence-electron chi connectivity index (χ1n) is 4.31. The van der Waals surface area contributed by atoms with Gasteiger partial charge >= 0.3 is 0 Å². The zero-order valence-corrected chi connectivity index (χ0v) is 8.74. The largest absolute Gasteiger partial charge is 0.375 e. The molecule has 0 fully saturated rings. The fraction of sp³-hybridized carbons (Fsp3) is 0.667. The number of aromatic nitrogens is 1. The Kier molecular flexibility index (Phi) is 3.09. The van der Waals surface area contributed by atoms with Crippen LogP contribution in [0, 0.1) is 12.8 Å². The van der Waals surface area contributed by atoms with E-state index in [-0.39, 0.29) is 0 Å². The monoisotopic (exact) mass is 184 g/mol. The third kappa shape index (κ3) is 2.48. The zero-order valence-electron chi connectivity index (χ0n) is 7.92. The Morgan fingerprint density at radius 2 is 2.17 bits per heavy atom. The van der Waals surface area contributed by atoms with E-state index in [1.807, 2.05) is 6.92 Å². The standard InChI is InChI=1S/C9H16N2S/c1-6(2)4-5-8-7(3)11-9(10)12-8/h6H,4-5H2,1-3H3,(H2,10,11). The van der Waals surface area contributed by atoms with Gasteiger partial charge in [-0.25, -0.2) is 4.98 Å². The lowest BCUT2D eigenvalue weighted by Crippen LogP contribution is -1.91. The van der Waals surface area contributed by atoms with Crippen LogP contribution in [0.5, 0.6) is 0 Å². The van der Waals surface area contributed by atoms with Crippen LogP contribution >= 0.6 is 11.3 Å². The third-order valence-electron chi connectivity index (χ3n) is 1.86. The number of nitrogen functional groups attached to an aromatic ring is 1. The van der Waals surface area contributed by atoms with Gasteiger partial charge in [0.1, 0.15) is 0 Å². The molecule has 0 aliphatic rings. The Labute approximate surface area is 77.8 Å². The molecule has 3 heteroatoms. The number of rotatable bonds is 3. The molecule has 0 amide bonds. The van der Waals surface area contributed by atoms with E-state index in [0.29, 0.717) is 5.13 Å². The van der Waals surface area contributed by atoms with Gasteiger partial charge in [-0.15, -0.1) is 11.3 Å². The predicted octanol–water partition coefficient (Wildman–Crippen LogP) is 2.62. The maximum Gasteiger partial charge on any atom is 0.180 e. The molecule has 2 nitrogen and oxygen atoms in total. The van der Waals surface area contributed by atoms with Crippen LogP contribution in [-0.4, -0.2) is 4.98 Å². The first-order valence-corrected chi connectivity index (χ1v) is 5.13. The number of anilines is 1. The molecule has 1 heterocycles. The summed E-state index contributed by atoms with van der Waals surface area (Å²) < 4.78 is 0. The molecule has 0 saturated heterocycles. The van der Waals surface area contributed by atoms with E-state index in [1.165, 1.54) is 11.3 Å². The molecule has 68 valence electrons. The summed E-state index contributed by atoms with van der Waals surface area (Å²) in [5, 5.41) is 0.700. The number of aryl methyl sites for hydroxylation is 2. The lowest BCUT2D eigenvalue weighted by molar-refractivity contribution is 0.588. The molecule has 1 rings (SSSR count). The van der Waals surface area contributed by atoms with Crippen molar-refractivity contribution in [2.45, 2.75) is 33.6 Å². The van der Waals surface area contributed by atoms with Crippen LogP contribution in [0.1, 0.15) is 30.8 Å². The van der Waals surface area contributed by atoms with E-state index < -0.39 is 0 Å². The summed E-state index contributed by atoms with van der Waals surface area (Å²) in [7, 11) is 0. The normalized spacial score (nSPS) is 11.0. The molecule has 0 atom stereocenters. The number of hydrogen-bond donors (Lipinski definition) is 1. The molecule has 0 spiro atoms. The SMILES string of the molecule is Cc1nc(N)sc1CCC(C)C. The Morgan fingerprint density at radius 3 is 2.58 bits per heavy atom. The van der Waals surface area contributed by atoms with Crippen molar-refractivity contribution in [2.24, 2.45) is 5.92 Å². The number of nitrogens with two attached hydrogens (primary N) is 1. The highest BCUT2D eigenvalue weighted by Gasteiger charge is 2.05. The van der Waals surface area contributed by atoms with Crippen molar-refractivity contribution in [1.29, 1.82) is 0 Å². The topological polar surface area (TPSA) is 38.9 Å². The minimum absolute atomic E-state index is 0.700. The summed E-state index contributed by atoms with van der Waals surface area (Å²) in [6.07, 6.45) is 2.35. The highest BCUT2D eigenvalue weighted by Crippen LogP contribution is 2.22. The van der Waals surface area contributed by atoms with Gasteiger partial charge in [0.25, 0.3) is 0 Å². The van der Waals surface area contributed by atoms with Crippen LogP contribution in [0.4, 0.5) is 5.13 Å². The Bertz CT molecular complexity index is 253. The van der Waals surface area contributed by atoms with Gasteiger partial charge in [-0.1, -0.05) is 13.8 Å². The van der Waals surface area contributed by atoms with Crippen molar-refractivity contribution in [3.05, 3.63) is 10.6 Å². The second-order valence-corrected chi connectivity index (χ2v) is 4.61. The molecular formula is C9H16N2S. The first kappa shape index (κ1) is 9.52. The fourth-order valence-corrected chi connectivity index (χ4v) is 1.95. The minimum atomic E-state index is 0.700. The molecular weight excluding hydrogens is 168 g/mol. The van der Waals surface area contributed by atoms with Crippen LogP contribution in [0.15, 0.2) is 0 Å². The number of thiazole rings is 1. The smallest absolute Gasteiger partial charge is 0.180 e. The molecule has 0 unspecified atom stereocenters. The molecule has 0 radical (unpaired) electrons. The summed E-state index contributed by atoms with van der Waals surface area (Å²) in [5.41, 5.74) is 6.70. The summed E-state index contributed by atoms with van der Waals surface area (Å²) in [6.45, 7) is 6.50. The zero-order chi connectivity index (χ0) is 9.14. The van der Waals surface area contributed by atoms with Gasteiger partial charge in [-0.2, -0.15) is 0 Å². The van der Waals surface area contributed by atoms with Gasteiger partial charge in [0.2, 0.25) is 0 Å². The van der Waals surface area contributed by atoms with Gasteiger partial charge in [0, 0.05) is 4.88 Å². The Hall–Kier alpha value is -0.570. The van der Waals surface area contributed by atoms with E-state index in [4.69, 9.17) is 5.73 Å². The van der Waals surface area contributed by atoms with Crippen molar-refractivity contribution in [2.75, 3.05) is 5.73 Å². The van der Waals surface area contributed by atoms with E-state index >= 15 is 0 Å². The molecule has 2 N–H and O–H groups in total. The minimum Gasteiger partial charge on any atom is -0.375 e. The lowest BCUT2D eigenvalue weighted by Gasteiger charge is -2.01. The average Bonchev–Trinajstić information content (AvgIpc) is 2.26. The number of nitrogens with zero attached hydrogens (tertiary/aromatic N) is 1. The van der Waals surface area contributed by atoms with Crippen molar-refractivity contribution in [3.8, 4) is 0 Å². The van der Waals surface area contributed by atoms with Gasteiger partial charge in [-0.3, -0.25) is 0 Å².